The van der Waals surface area contributed by atoms with Crippen molar-refractivity contribution in [3.63, 3.8) is 0 Å². The van der Waals surface area contributed by atoms with E-state index in [2.05, 4.69) is 64.7 Å². The number of rotatable bonds is 6. The van der Waals surface area contributed by atoms with Gasteiger partial charge in [-0.3, -0.25) is 4.98 Å². The van der Waals surface area contributed by atoms with Crippen molar-refractivity contribution in [3.8, 4) is 11.5 Å². The van der Waals surface area contributed by atoms with E-state index < -0.39 is 0 Å². The zero-order valence-corrected chi connectivity index (χ0v) is 26.4. The molecular weight excluding hydrogens is 651 g/mol. The van der Waals surface area contributed by atoms with E-state index in [0.29, 0.717) is 17.7 Å². The average Bonchev–Trinajstić information content (AvgIpc) is 3.49. The number of aromatic nitrogens is 1. The van der Waals surface area contributed by atoms with Crippen LogP contribution < -0.4 is 0 Å². The van der Waals surface area contributed by atoms with Gasteiger partial charge in [-0.1, -0.05) is 59.2 Å². The Morgan fingerprint density at radius 2 is 1.61 bits per heavy atom. The Balaban J connectivity index is 0.000000205. The molecule has 211 valence electrons. The minimum atomic E-state index is -0.309. The first-order valence-electron chi connectivity index (χ1n) is 14.5. The average molecular weight is 697 g/mol. The van der Waals surface area contributed by atoms with Crippen LogP contribution in [0, 0.1) is 28.7 Å². The number of para-hydroxylation sites is 2. The molecular formula is C33H46IrNO3-. The van der Waals surface area contributed by atoms with Gasteiger partial charge in [0.2, 0.25) is 0 Å². The van der Waals surface area contributed by atoms with Gasteiger partial charge in [-0.15, -0.1) is 29.8 Å². The third kappa shape index (κ3) is 5.68. The van der Waals surface area contributed by atoms with Crippen LogP contribution >= 0.6 is 0 Å². The zero-order chi connectivity index (χ0) is 26.8. The summed E-state index contributed by atoms with van der Waals surface area (Å²) in [5.41, 5.74) is 4.00. The number of aliphatic hydroxyl groups is 2. The standard InChI is InChI=1S/C17H32O2.C16H14NO.Ir/c1-5-16(6-2)10-9-12-11-17(7-3,8-4)15(19)13(12)14(16)18;1-11(2)12-6-5-7-13(10-12)16-17-14-8-3-4-9-15(14)18-16;/h12-15,18-19H,5-11H2,1-4H3;3-6,8-11H,1-2H3;/q;-1;. The van der Waals surface area contributed by atoms with Crippen LogP contribution in [0.1, 0.15) is 98.0 Å². The molecule has 0 aliphatic heterocycles. The Morgan fingerprint density at radius 1 is 0.974 bits per heavy atom. The normalized spacial score (nSPS) is 25.4. The molecule has 0 saturated heterocycles. The minimum Gasteiger partial charge on any atom is -0.481 e. The SMILES string of the molecule is CC(C)c1cc[c-]c(-c2nc3ccccc3o2)c1.CCC1(CC)CCC2CC(CC)(CC)C(O)C2C1O.[Ir]. The Bertz CT molecular complexity index is 1120. The molecule has 5 rings (SSSR count). The van der Waals surface area contributed by atoms with E-state index >= 15 is 0 Å². The summed E-state index contributed by atoms with van der Waals surface area (Å²) in [6, 6.07) is 17.1. The van der Waals surface area contributed by atoms with Gasteiger partial charge < -0.3 is 14.6 Å². The van der Waals surface area contributed by atoms with Gasteiger partial charge in [0.25, 0.3) is 0 Å². The van der Waals surface area contributed by atoms with Crippen molar-refractivity contribution >= 4 is 11.1 Å². The van der Waals surface area contributed by atoms with Gasteiger partial charge in [0.15, 0.2) is 0 Å². The summed E-state index contributed by atoms with van der Waals surface area (Å²) >= 11 is 0. The van der Waals surface area contributed by atoms with Crippen molar-refractivity contribution in [2.45, 2.75) is 105 Å². The fraction of sp³-hybridized carbons (Fsp3) is 0.606. The molecule has 2 aliphatic rings. The van der Waals surface area contributed by atoms with Crippen LogP contribution in [-0.2, 0) is 20.1 Å². The molecule has 0 bridgehead atoms. The number of benzene rings is 2. The van der Waals surface area contributed by atoms with Gasteiger partial charge in [-0.25, -0.2) is 0 Å². The maximum Gasteiger partial charge on any atom is 0.141 e. The second-order valence-electron chi connectivity index (χ2n) is 11.8. The fourth-order valence-corrected chi connectivity index (χ4v) is 7.13. The first-order chi connectivity index (χ1) is 17.7. The molecule has 2 N–H and O–H groups in total. The van der Waals surface area contributed by atoms with Crippen LogP contribution in [0.2, 0.25) is 0 Å². The van der Waals surface area contributed by atoms with Crippen molar-refractivity contribution < 1.29 is 34.7 Å². The molecule has 5 heteroatoms. The maximum atomic E-state index is 10.9. The van der Waals surface area contributed by atoms with Crippen LogP contribution in [0.25, 0.3) is 22.6 Å². The minimum absolute atomic E-state index is 0. The summed E-state index contributed by atoms with van der Waals surface area (Å²) in [6.07, 6.45) is 6.98. The van der Waals surface area contributed by atoms with Crippen LogP contribution in [-0.4, -0.2) is 27.4 Å². The molecule has 0 amide bonds. The van der Waals surface area contributed by atoms with E-state index in [1.807, 2.05) is 30.3 Å². The summed E-state index contributed by atoms with van der Waals surface area (Å²) in [5.74, 6) is 1.78. The number of aliphatic hydroxyl groups excluding tert-OH is 2. The smallest absolute Gasteiger partial charge is 0.141 e. The predicted molar refractivity (Wildman–Crippen MR) is 151 cm³/mol. The van der Waals surface area contributed by atoms with E-state index in [1.54, 1.807) is 0 Å². The Hall–Kier alpha value is -1.52. The van der Waals surface area contributed by atoms with Crippen LogP contribution in [0.5, 0.6) is 0 Å². The van der Waals surface area contributed by atoms with Gasteiger partial charge in [0.05, 0.1) is 17.7 Å². The predicted octanol–water partition coefficient (Wildman–Crippen LogP) is 8.17. The summed E-state index contributed by atoms with van der Waals surface area (Å²) < 4.78 is 5.75. The van der Waals surface area contributed by atoms with Crippen LogP contribution in [0.15, 0.2) is 46.9 Å². The summed E-state index contributed by atoms with van der Waals surface area (Å²) in [5, 5.41) is 21.8. The number of hydrogen-bond acceptors (Lipinski definition) is 4. The van der Waals surface area contributed by atoms with Crippen molar-refractivity contribution in [1.29, 1.82) is 0 Å². The Morgan fingerprint density at radius 3 is 2.21 bits per heavy atom. The quantitative estimate of drug-likeness (QED) is 0.255. The van der Waals surface area contributed by atoms with Gasteiger partial charge in [0.1, 0.15) is 11.5 Å². The second-order valence-corrected chi connectivity index (χ2v) is 11.8. The van der Waals surface area contributed by atoms with E-state index in [9.17, 15) is 10.2 Å². The zero-order valence-electron chi connectivity index (χ0n) is 24.0. The summed E-state index contributed by atoms with van der Waals surface area (Å²) in [4.78, 5) is 4.49. The molecule has 1 radical (unpaired) electrons. The van der Waals surface area contributed by atoms with Gasteiger partial charge in [-0.05, 0) is 79.7 Å². The Labute approximate surface area is 243 Å². The molecule has 1 aromatic heterocycles. The van der Waals surface area contributed by atoms with Gasteiger partial charge >= 0.3 is 0 Å². The Kier molecular flexibility index (Phi) is 10.4. The van der Waals surface area contributed by atoms with Gasteiger partial charge in [-0.2, -0.15) is 0 Å². The second kappa shape index (κ2) is 12.8. The molecule has 2 aromatic carbocycles. The van der Waals surface area contributed by atoms with Crippen LogP contribution in [0.3, 0.4) is 0 Å². The summed E-state index contributed by atoms with van der Waals surface area (Å²) in [7, 11) is 0. The van der Waals surface area contributed by atoms with Crippen LogP contribution in [0.4, 0.5) is 0 Å². The fourth-order valence-electron chi connectivity index (χ4n) is 7.13. The monoisotopic (exact) mass is 697 g/mol. The van der Waals surface area contributed by atoms with Crippen molar-refractivity contribution in [1.82, 2.24) is 4.98 Å². The number of fused-ring (bicyclic) bond motifs is 2. The third-order valence-corrected chi connectivity index (χ3v) is 10.0. The molecule has 3 aromatic rings. The number of hydrogen-bond donors (Lipinski definition) is 2. The first-order valence-corrected chi connectivity index (χ1v) is 14.5. The molecule has 4 unspecified atom stereocenters. The summed E-state index contributed by atoms with van der Waals surface area (Å²) in [6.45, 7) is 13.1. The number of nitrogens with zero attached hydrogens (tertiary/aromatic N) is 1. The first kappa shape index (κ1) is 31.0. The van der Waals surface area contributed by atoms with Crippen molar-refractivity contribution in [2.75, 3.05) is 0 Å². The van der Waals surface area contributed by atoms with E-state index in [0.717, 1.165) is 55.2 Å². The van der Waals surface area contributed by atoms with E-state index in [-0.39, 0.29) is 49.1 Å². The van der Waals surface area contributed by atoms with Crippen molar-refractivity contribution in [3.05, 3.63) is 54.1 Å². The molecule has 2 fully saturated rings. The van der Waals surface area contributed by atoms with E-state index in [1.165, 1.54) is 12.0 Å². The van der Waals surface area contributed by atoms with Crippen molar-refractivity contribution in [2.24, 2.45) is 22.7 Å². The molecule has 4 nitrogen and oxygen atoms in total. The topological polar surface area (TPSA) is 66.5 Å². The molecule has 1 heterocycles. The van der Waals surface area contributed by atoms with E-state index in [4.69, 9.17) is 4.42 Å². The largest absolute Gasteiger partial charge is 0.481 e. The molecule has 4 atom stereocenters. The maximum absolute atomic E-state index is 10.9. The number of oxazole rings is 1. The third-order valence-electron chi connectivity index (χ3n) is 10.0. The molecule has 2 aliphatic carbocycles. The molecule has 0 spiro atoms. The molecule has 2 saturated carbocycles. The molecule has 38 heavy (non-hydrogen) atoms. The van der Waals surface area contributed by atoms with Gasteiger partial charge in [0, 0.05) is 26.0 Å².